The molecule has 1 aliphatic heterocycles. The van der Waals surface area contributed by atoms with Crippen LogP contribution in [0.4, 0.5) is 19.3 Å². The number of nitrogens with one attached hydrogen (secondary N) is 1. The van der Waals surface area contributed by atoms with Gasteiger partial charge in [0.2, 0.25) is 0 Å². The molecule has 1 aliphatic rings. The van der Waals surface area contributed by atoms with Crippen molar-refractivity contribution >= 4 is 46.7 Å². The lowest BCUT2D eigenvalue weighted by Crippen LogP contribution is -2.34. The van der Waals surface area contributed by atoms with E-state index >= 15 is 0 Å². The number of anilines is 1. The molecule has 3 nitrogen and oxygen atoms in total. The maximum atomic E-state index is 13.3. The SMILES string of the molecule is O=C(Nc1ccc(F)c(F)c1)N1CCSC1c1cccc(Cl)c1Cl. The molecular weight excluding hydrogens is 377 g/mol. The molecule has 1 atom stereocenters. The van der Waals surface area contributed by atoms with Gasteiger partial charge in [0.1, 0.15) is 5.37 Å². The normalized spacial score (nSPS) is 17.2. The predicted molar refractivity (Wildman–Crippen MR) is 93.7 cm³/mol. The van der Waals surface area contributed by atoms with Crippen molar-refractivity contribution in [1.29, 1.82) is 0 Å². The molecule has 0 spiro atoms. The molecule has 0 bridgehead atoms. The summed E-state index contributed by atoms with van der Waals surface area (Å²) in [5, 5.41) is 3.11. The van der Waals surface area contributed by atoms with Crippen molar-refractivity contribution in [2.75, 3.05) is 17.6 Å². The van der Waals surface area contributed by atoms with Crippen LogP contribution in [0.5, 0.6) is 0 Å². The molecule has 2 amide bonds. The van der Waals surface area contributed by atoms with Gasteiger partial charge in [-0.15, -0.1) is 11.8 Å². The van der Waals surface area contributed by atoms with Gasteiger partial charge in [0.05, 0.1) is 10.0 Å². The average Bonchev–Trinajstić information content (AvgIpc) is 3.03. The van der Waals surface area contributed by atoms with Gasteiger partial charge < -0.3 is 10.2 Å². The Balaban J connectivity index is 1.81. The van der Waals surface area contributed by atoms with Gasteiger partial charge in [0.15, 0.2) is 11.6 Å². The molecule has 3 rings (SSSR count). The Morgan fingerprint density at radius 1 is 1.21 bits per heavy atom. The number of carbonyl (C=O) groups excluding carboxylic acids is 1. The molecule has 2 aromatic carbocycles. The highest BCUT2D eigenvalue weighted by atomic mass is 35.5. The van der Waals surface area contributed by atoms with E-state index in [0.717, 1.165) is 23.4 Å². The largest absolute Gasteiger partial charge is 0.323 e. The summed E-state index contributed by atoms with van der Waals surface area (Å²) in [7, 11) is 0. The van der Waals surface area contributed by atoms with Crippen LogP contribution in [0.15, 0.2) is 36.4 Å². The van der Waals surface area contributed by atoms with Gasteiger partial charge in [-0.1, -0.05) is 35.3 Å². The first kappa shape index (κ1) is 17.3. The zero-order chi connectivity index (χ0) is 17.3. The minimum atomic E-state index is -1.02. The van der Waals surface area contributed by atoms with Gasteiger partial charge >= 0.3 is 6.03 Å². The molecule has 126 valence electrons. The van der Waals surface area contributed by atoms with Crippen LogP contribution in [0, 0.1) is 11.6 Å². The number of amides is 2. The Labute approximate surface area is 151 Å². The lowest BCUT2D eigenvalue weighted by Gasteiger charge is -2.25. The maximum absolute atomic E-state index is 13.3. The van der Waals surface area contributed by atoms with E-state index in [1.165, 1.54) is 6.07 Å². The molecule has 24 heavy (non-hydrogen) atoms. The number of halogens is 4. The van der Waals surface area contributed by atoms with Crippen molar-refractivity contribution in [3.63, 3.8) is 0 Å². The number of benzene rings is 2. The highest BCUT2D eigenvalue weighted by Crippen LogP contribution is 2.42. The summed E-state index contributed by atoms with van der Waals surface area (Å²) in [5.74, 6) is -1.25. The van der Waals surface area contributed by atoms with E-state index in [4.69, 9.17) is 23.2 Å². The summed E-state index contributed by atoms with van der Waals surface area (Å²) < 4.78 is 26.2. The van der Waals surface area contributed by atoms with Gasteiger partial charge in [-0.3, -0.25) is 0 Å². The summed E-state index contributed by atoms with van der Waals surface area (Å²) in [6.07, 6.45) is 0. The van der Waals surface area contributed by atoms with E-state index in [1.807, 2.05) is 6.07 Å². The van der Waals surface area contributed by atoms with Gasteiger partial charge in [-0.05, 0) is 18.2 Å². The summed E-state index contributed by atoms with van der Waals surface area (Å²) in [4.78, 5) is 14.1. The monoisotopic (exact) mass is 388 g/mol. The van der Waals surface area contributed by atoms with E-state index in [0.29, 0.717) is 16.6 Å². The first-order valence-corrected chi connectivity index (χ1v) is 8.86. The number of urea groups is 1. The van der Waals surface area contributed by atoms with E-state index in [-0.39, 0.29) is 11.1 Å². The number of hydrogen-bond acceptors (Lipinski definition) is 2. The first-order valence-electron chi connectivity index (χ1n) is 7.05. The van der Waals surface area contributed by atoms with Crippen molar-refractivity contribution in [2.45, 2.75) is 5.37 Å². The van der Waals surface area contributed by atoms with Crippen LogP contribution in [0.1, 0.15) is 10.9 Å². The van der Waals surface area contributed by atoms with E-state index < -0.39 is 17.7 Å². The molecule has 0 aliphatic carbocycles. The molecular formula is C16H12Cl2F2N2OS. The second-order valence-corrected chi connectivity index (χ2v) is 7.09. The Hall–Kier alpha value is -1.50. The van der Waals surface area contributed by atoms with Crippen LogP contribution in [-0.2, 0) is 0 Å². The van der Waals surface area contributed by atoms with Gasteiger partial charge in [-0.2, -0.15) is 0 Å². The van der Waals surface area contributed by atoms with Crippen LogP contribution < -0.4 is 5.32 Å². The highest BCUT2D eigenvalue weighted by molar-refractivity contribution is 7.99. The zero-order valence-corrected chi connectivity index (χ0v) is 14.6. The first-order chi connectivity index (χ1) is 11.5. The highest BCUT2D eigenvalue weighted by Gasteiger charge is 2.32. The molecule has 0 radical (unpaired) electrons. The summed E-state index contributed by atoms with van der Waals surface area (Å²) in [5.41, 5.74) is 0.929. The summed E-state index contributed by atoms with van der Waals surface area (Å²) in [6.45, 7) is 0.508. The van der Waals surface area contributed by atoms with E-state index in [9.17, 15) is 13.6 Å². The van der Waals surface area contributed by atoms with Crippen molar-refractivity contribution in [3.05, 3.63) is 63.6 Å². The topological polar surface area (TPSA) is 32.3 Å². The summed E-state index contributed by atoms with van der Waals surface area (Å²) >= 11 is 13.8. The van der Waals surface area contributed by atoms with E-state index in [2.05, 4.69) is 5.32 Å². The van der Waals surface area contributed by atoms with Crippen LogP contribution in [-0.4, -0.2) is 23.2 Å². The second kappa shape index (κ2) is 7.17. The van der Waals surface area contributed by atoms with Gasteiger partial charge in [0.25, 0.3) is 0 Å². The van der Waals surface area contributed by atoms with Crippen LogP contribution in [0.3, 0.4) is 0 Å². The predicted octanol–water partition coefficient (Wildman–Crippen LogP) is 5.55. The Bertz CT molecular complexity index is 791. The molecule has 0 aromatic heterocycles. The number of carbonyl (C=O) groups is 1. The van der Waals surface area contributed by atoms with Crippen molar-refractivity contribution in [1.82, 2.24) is 4.90 Å². The lowest BCUT2D eigenvalue weighted by atomic mass is 10.2. The second-order valence-electron chi connectivity index (χ2n) is 5.12. The fourth-order valence-corrected chi connectivity index (χ4v) is 4.17. The molecule has 2 aromatic rings. The minimum Gasteiger partial charge on any atom is -0.308 e. The maximum Gasteiger partial charge on any atom is 0.323 e. The third-order valence-corrected chi connectivity index (χ3v) is 5.65. The minimum absolute atomic E-state index is 0.187. The van der Waals surface area contributed by atoms with Crippen LogP contribution >= 0.6 is 35.0 Å². The van der Waals surface area contributed by atoms with Crippen molar-refractivity contribution < 1.29 is 13.6 Å². The average molecular weight is 389 g/mol. The van der Waals surface area contributed by atoms with Crippen LogP contribution in [0.2, 0.25) is 10.0 Å². The number of rotatable bonds is 2. The van der Waals surface area contributed by atoms with Crippen LogP contribution in [0.25, 0.3) is 0 Å². The summed E-state index contributed by atoms with van der Waals surface area (Å²) in [6, 6.07) is 8.07. The quantitative estimate of drug-likeness (QED) is 0.730. The molecule has 0 saturated carbocycles. The Morgan fingerprint density at radius 2 is 2.00 bits per heavy atom. The number of thioether (sulfide) groups is 1. The van der Waals surface area contributed by atoms with Crippen molar-refractivity contribution in [2.24, 2.45) is 0 Å². The Kier molecular flexibility index (Phi) is 5.18. The van der Waals surface area contributed by atoms with Gasteiger partial charge in [0, 0.05) is 29.6 Å². The number of hydrogen-bond donors (Lipinski definition) is 1. The van der Waals surface area contributed by atoms with E-state index in [1.54, 1.807) is 28.8 Å². The van der Waals surface area contributed by atoms with Crippen molar-refractivity contribution in [3.8, 4) is 0 Å². The fraction of sp³-hybridized carbons (Fsp3) is 0.188. The van der Waals surface area contributed by atoms with Gasteiger partial charge in [-0.25, -0.2) is 13.6 Å². The standard InChI is InChI=1S/C16H12Cl2F2N2OS/c17-11-3-1-2-10(14(11)18)15-22(6-7-24-15)16(23)21-9-4-5-12(19)13(20)8-9/h1-5,8,15H,6-7H2,(H,21,23). The molecule has 8 heteroatoms. The fourth-order valence-electron chi connectivity index (χ4n) is 2.42. The third kappa shape index (κ3) is 3.45. The Morgan fingerprint density at radius 3 is 2.75 bits per heavy atom. The number of nitrogens with zero attached hydrogens (tertiary/aromatic N) is 1. The molecule has 1 N–H and O–H groups in total. The zero-order valence-electron chi connectivity index (χ0n) is 12.2. The lowest BCUT2D eigenvalue weighted by molar-refractivity contribution is 0.214. The third-order valence-electron chi connectivity index (χ3n) is 3.57. The molecule has 1 saturated heterocycles. The molecule has 1 fully saturated rings. The molecule has 1 heterocycles. The smallest absolute Gasteiger partial charge is 0.308 e. The molecule has 1 unspecified atom stereocenters.